The van der Waals surface area contributed by atoms with Crippen molar-refractivity contribution in [2.75, 3.05) is 5.75 Å². The highest BCUT2D eigenvalue weighted by Crippen LogP contribution is 2.50. The quantitative estimate of drug-likeness (QED) is 0.459. The first-order valence-electron chi connectivity index (χ1n) is 10.9. The Labute approximate surface area is 193 Å². The molecule has 2 aliphatic rings. The van der Waals surface area contributed by atoms with Crippen molar-refractivity contribution >= 4 is 28.5 Å². The van der Waals surface area contributed by atoms with Crippen molar-refractivity contribution in [2.45, 2.75) is 52.2 Å². The zero-order valence-electron chi connectivity index (χ0n) is 18.3. The van der Waals surface area contributed by atoms with Crippen molar-refractivity contribution in [3.05, 3.63) is 81.9 Å². The molecular weight excluding hydrogens is 424 g/mol. The molecule has 4 nitrogen and oxygen atoms in total. The second-order valence-electron chi connectivity index (χ2n) is 8.38. The first-order valence-corrected chi connectivity index (χ1v) is 12.2. The maximum absolute atomic E-state index is 6.47. The van der Waals surface area contributed by atoms with Gasteiger partial charge in [-0.05, 0) is 68.7 Å². The molecule has 0 radical (unpaired) electrons. The fourth-order valence-electron chi connectivity index (χ4n) is 4.98. The maximum Gasteiger partial charge on any atom is 0.160 e. The molecule has 5 rings (SSSR count). The topological polar surface area (TPSA) is 33.4 Å². The van der Waals surface area contributed by atoms with Crippen molar-refractivity contribution in [1.29, 1.82) is 0 Å². The van der Waals surface area contributed by atoms with E-state index in [2.05, 4.69) is 61.4 Å². The summed E-state index contributed by atoms with van der Waals surface area (Å²) >= 11 is 8.35. The summed E-state index contributed by atoms with van der Waals surface area (Å²) < 4.78 is 2.34. The summed E-state index contributed by atoms with van der Waals surface area (Å²) in [6.45, 7) is 8.77. The molecule has 3 aromatic rings. The van der Waals surface area contributed by atoms with Crippen molar-refractivity contribution in [2.24, 2.45) is 4.99 Å². The van der Waals surface area contributed by atoms with Gasteiger partial charge in [-0.1, -0.05) is 42.4 Å². The molecule has 1 fully saturated rings. The second kappa shape index (κ2) is 8.03. The number of hydrogen-bond donors (Lipinski definition) is 0. The average Bonchev–Trinajstić information content (AvgIpc) is 3.42. The second-order valence-corrected chi connectivity index (χ2v) is 9.78. The summed E-state index contributed by atoms with van der Waals surface area (Å²) in [5, 5.41) is 1.96. The van der Waals surface area contributed by atoms with Gasteiger partial charge in [0.15, 0.2) is 5.17 Å². The fraction of sp³-hybridized carbons (Fsp3) is 0.360. The Hall–Kier alpha value is -2.24. The van der Waals surface area contributed by atoms with Crippen molar-refractivity contribution in [1.82, 2.24) is 14.5 Å². The summed E-state index contributed by atoms with van der Waals surface area (Å²) in [5.41, 5.74) is 7.07. The van der Waals surface area contributed by atoms with E-state index in [9.17, 15) is 0 Å². The zero-order valence-corrected chi connectivity index (χ0v) is 19.9. The molecule has 0 saturated carbocycles. The minimum Gasteiger partial charge on any atom is -0.338 e. The van der Waals surface area contributed by atoms with E-state index in [1.807, 2.05) is 36.2 Å². The molecule has 0 aliphatic carbocycles. The van der Waals surface area contributed by atoms with Crippen LogP contribution in [-0.4, -0.2) is 31.4 Å². The van der Waals surface area contributed by atoms with Gasteiger partial charge < -0.3 is 9.47 Å². The summed E-state index contributed by atoms with van der Waals surface area (Å²) in [6.07, 6.45) is 2.99. The summed E-state index contributed by atoms with van der Waals surface area (Å²) in [7, 11) is 0. The molecule has 0 bridgehead atoms. The van der Waals surface area contributed by atoms with Crippen LogP contribution in [-0.2, 0) is 0 Å². The lowest BCUT2D eigenvalue weighted by Gasteiger charge is -2.32. The molecule has 0 spiro atoms. The van der Waals surface area contributed by atoms with Gasteiger partial charge in [-0.15, -0.1) is 0 Å². The number of aliphatic imine (C=N–C) groups is 1. The minimum absolute atomic E-state index is 0.00691. The van der Waals surface area contributed by atoms with Crippen LogP contribution < -0.4 is 0 Å². The number of fused-ring (bicyclic) bond motifs is 1. The van der Waals surface area contributed by atoms with Crippen LogP contribution in [0.25, 0.3) is 5.69 Å². The van der Waals surface area contributed by atoms with Crippen molar-refractivity contribution in [3.8, 4) is 5.69 Å². The predicted octanol–water partition coefficient (Wildman–Crippen LogP) is 6.43. The van der Waals surface area contributed by atoms with Crippen LogP contribution in [0, 0.1) is 20.8 Å². The lowest BCUT2D eigenvalue weighted by molar-refractivity contribution is 0.254. The molecular formula is C25H27ClN4S. The number of nitrogens with zero attached hydrogens (tertiary/aromatic N) is 4. The van der Waals surface area contributed by atoms with E-state index in [0.717, 1.165) is 39.3 Å². The van der Waals surface area contributed by atoms with Crippen LogP contribution in [0.3, 0.4) is 0 Å². The van der Waals surface area contributed by atoms with Crippen molar-refractivity contribution in [3.63, 3.8) is 0 Å². The zero-order chi connectivity index (χ0) is 21.7. The van der Waals surface area contributed by atoms with Gasteiger partial charge in [-0.25, -0.2) is 0 Å². The maximum atomic E-state index is 6.47. The van der Waals surface area contributed by atoms with Gasteiger partial charge in [0.05, 0.1) is 11.7 Å². The minimum atomic E-state index is 0.00691. The van der Waals surface area contributed by atoms with E-state index < -0.39 is 0 Å². The molecule has 160 valence electrons. The number of thioether (sulfide) groups is 1. The number of aryl methyl sites for hydroxylation is 1. The largest absolute Gasteiger partial charge is 0.338 e. The van der Waals surface area contributed by atoms with E-state index in [1.165, 1.54) is 17.0 Å². The van der Waals surface area contributed by atoms with E-state index in [-0.39, 0.29) is 12.1 Å². The molecule has 0 unspecified atom stereocenters. The highest BCUT2D eigenvalue weighted by atomic mass is 35.5. The Kier molecular flexibility index (Phi) is 5.35. The molecule has 2 aliphatic heterocycles. The van der Waals surface area contributed by atoms with Gasteiger partial charge in [-0.3, -0.25) is 9.98 Å². The van der Waals surface area contributed by atoms with Crippen LogP contribution in [0.5, 0.6) is 0 Å². The summed E-state index contributed by atoms with van der Waals surface area (Å²) in [4.78, 5) is 12.4. The van der Waals surface area contributed by atoms with Crippen molar-refractivity contribution < 1.29 is 0 Å². The molecule has 4 heterocycles. The Morgan fingerprint density at radius 1 is 1.13 bits per heavy atom. The monoisotopic (exact) mass is 450 g/mol. The molecule has 0 amide bonds. The van der Waals surface area contributed by atoms with E-state index >= 15 is 0 Å². The standard InChI is InChI=1S/C25H27ClN4S/c1-5-18-14-31-25-28-23(21-10-6-7-12-27-21)24(30(18)25)19-13-15(2)29(17(19)4)22-11-8-9-20(26)16(22)3/h6-13,18,23-24H,5,14H2,1-4H3/t18-,23+,24+/m0/s1. The molecule has 6 heteroatoms. The molecule has 0 N–H and O–H groups in total. The average molecular weight is 451 g/mol. The Balaban J connectivity index is 1.66. The van der Waals surface area contributed by atoms with Gasteiger partial charge >= 0.3 is 0 Å². The van der Waals surface area contributed by atoms with Gasteiger partial charge in [0.1, 0.15) is 6.04 Å². The summed E-state index contributed by atoms with van der Waals surface area (Å²) in [6, 6.07) is 15.3. The Morgan fingerprint density at radius 3 is 2.71 bits per heavy atom. The van der Waals surface area contributed by atoms with Crippen LogP contribution in [0.4, 0.5) is 0 Å². The number of pyridine rings is 1. The molecule has 31 heavy (non-hydrogen) atoms. The van der Waals surface area contributed by atoms with E-state index in [1.54, 1.807) is 0 Å². The number of rotatable bonds is 4. The van der Waals surface area contributed by atoms with Gasteiger partial charge in [-0.2, -0.15) is 0 Å². The third-order valence-corrected chi connectivity index (χ3v) is 8.13. The third-order valence-electron chi connectivity index (χ3n) is 6.60. The third kappa shape index (κ3) is 3.30. The molecule has 1 saturated heterocycles. The van der Waals surface area contributed by atoms with Gasteiger partial charge in [0.2, 0.25) is 0 Å². The lowest BCUT2D eigenvalue weighted by atomic mass is 9.95. The van der Waals surface area contributed by atoms with Crippen LogP contribution >= 0.6 is 23.4 Å². The molecule has 1 aromatic carbocycles. The van der Waals surface area contributed by atoms with E-state index in [4.69, 9.17) is 21.6 Å². The number of halogens is 1. The summed E-state index contributed by atoms with van der Waals surface area (Å²) in [5.74, 6) is 1.10. The number of amidine groups is 1. The van der Waals surface area contributed by atoms with Gasteiger partial charge in [0, 0.05) is 40.1 Å². The number of benzene rings is 1. The Bertz CT molecular complexity index is 1150. The Morgan fingerprint density at radius 2 is 1.97 bits per heavy atom. The lowest BCUT2D eigenvalue weighted by Crippen LogP contribution is -2.35. The highest BCUT2D eigenvalue weighted by molar-refractivity contribution is 8.14. The van der Waals surface area contributed by atoms with E-state index in [0.29, 0.717) is 6.04 Å². The SMILES string of the molecule is CC[C@H]1CSC2=N[C@H](c3ccccn3)[C@@H](c3cc(C)n(-c4cccc(Cl)c4C)c3C)N21. The normalized spacial score (nSPS) is 22.7. The van der Waals surface area contributed by atoms with Gasteiger partial charge in [0.25, 0.3) is 0 Å². The first kappa shape index (κ1) is 20.7. The number of aromatic nitrogens is 2. The number of hydrogen-bond acceptors (Lipinski definition) is 4. The first-order chi connectivity index (χ1) is 15.0. The van der Waals surface area contributed by atoms with Crippen LogP contribution in [0.1, 0.15) is 53.6 Å². The molecule has 3 atom stereocenters. The smallest absolute Gasteiger partial charge is 0.160 e. The fourth-order valence-corrected chi connectivity index (χ4v) is 6.49. The van der Waals surface area contributed by atoms with Crippen LogP contribution in [0.15, 0.2) is 53.7 Å². The highest BCUT2D eigenvalue weighted by Gasteiger charge is 2.46. The predicted molar refractivity (Wildman–Crippen MR) is 131 cm³/mol. The van der Waals surface area contributed by atoms with Crippen LogP contribution in [0.2, 0.25) is 5.02 Å². The molecule has 2 aromatic heterocycles.